The number of hydrogen-bond acceptors (Lipinski definition) is 4. The topological polar surface area (TPSA) is 79.4 Å². The van der Waals surface area contributed by atoms with E-state index in [1.54, 1.807) is 35.4 Å². The maximum Gasteiger partial charge on any atom is 0.317 e. The normalized spacial score (nSPS) is 16.0. The Morgan fingerprint density at radius 1 is 1.15 bits per heavy atom. The molecule has 0 aliphatic carbocycles. The van der Waals surface area contributed by atoms with Crippen LogP contribution in [-0.4, -0.2) is 44.0 Å². The van der Waals surface area contributed by atoms with Gasteiger partial charge in [-0.1, -0.05) is 17.7 Å². The highest BCUT2D eigenvalue weighted by atomic mass is 35.5. The summed E-state index contributed by atoms with van der Waals surface area (Å²) in [6.45, 7) is 1.38. The fourth-order valence-electron chi connectivity index (χ4n) is 3.15. The first-order valence-electron chi connectivity index (χ1n) is 8.90. The molecule has 1 aromatic heterocycles. The van der Waals surface area contributed by atoms with Crippen molar-refractivity contribution in [1.29, 1.82) is 0 Å². The van der Waals surface area contributed by atoms with Crippen LogP contribution < -0.4 is 5.32 Å². The van der Waals surface area contributed by atoms with Gasteiger partial charge < -0.3 is 10.2 Å². The van der Waals surface area contributed by atoms with Gasteiger partial charge in [0, 0.05) is 37.1 Å². The number of rotatable bonds is 5. The predicted octanol–water partition coefficient (Wildman–Crippen LogP) is 3.45. The highest BCUT2D eigenvalue weighted by Crippen LogP contribution is 2.29. The average Bonchev–Trinajstić information content (AvgIpc) is 2.69. The van der Waals surface area contributed by atoms with Crippen LogP contribution in [0.4, 0.5) is 4.79 Å². The molecule has 1 aliphatic heterocycles. The second-order valence-corrected chi connectivity index (χ2v) is 9.07. The minimum Gasteiger partial charge on any atom is -0.336 e. The van der Waals surface area contributed by atoms with Crippen molar-refractivity contribution in [1.82, 2.24) is 15.2 Å². The molecule has 0 spiro atoms. The van der Waals surface area contributed by atoms with Gasteiger partial charge in [0.1, 0.15) is 5.25 Å². The third-order valence-electron chi connectivity index (χ3n) is 4.65. The van der Waals surface area contributed by atoms with E-state index in [2.05, 4.69) is 10.3 Å². The van der Waals surface area contributed by atoms with Gasteiger partial charge in [0.05, 0.1) is 4.90 Å². The van der Waals surface area contributed by atoms with Crippen molar-refractivity contribution in [3.8, 4) is 0 Å². The third-order valence-corrected chi connectivity index (χ3v) is 7.02. The first kappa shape index (κ1) is 19.6. The van der Waals surface area contributed by atoms with E-state index >= 15 is 0 Å². The fourth-order valence-corrected chi connectivity index (χ4v) is 4.92. The number of nitrogens with zero attached hydrogens (tertiary/aromatic N) is 2. The maximum absolute atomic E-state index is 13.2. The Balaban J connectivity index is 1.83. The van der Waals surface area contributed by atoms with Crippen LogP contribution in [0.2, 0.25) is 5.02 Å². The van der Waals surface area contributed by atoms with E-state index in [-0.39, 0.29) is 17.5 Å². The number of benzene rings is 1. The van der Waals surface area contributed by atoms with Gasteiger partial charge in [-0.15, -0.1) is 0 Å². The monoisotopic (exact) mass is 407 g/mol. The minimum atomic E-state index is -3.73. The number of likely N-dealkylation sites (tertiary alicyclic amines) is 1. The molecule has 27 heavy (non-hydrogen) atoms. The number of halogens is 1. The Kier molecular flexibility index (Phi) is 6.34. The van der Waals surface area contributed by atoms with E-state index in [1.807, 2.05) is 0 Å². The quantitative estimate of drug-likeness (QED) is 0.823. The van der Waals surface area contributed by atoms with Gasteiger partial charge in [-0.05, 0) is 55.2 Å². The molecule has 2 aromatic rings. The van der Waals surface area contributed by atoms with Gasteiger partial charge in [0.15, 0.2) is 9.84 Å². The summed E-state index contributed by atoms with van der Waals surface area (Å²) < 4.78 is 26.4. The molecule has 8 heteroatoms. The van der Waals surface area contributed by atoms with Crippen molar-refractivity contribution < 1.29 is 13.2 Å². The van der Waals surface area contributed by atoms with Crippen molar-refractivity contribution in [3.63, 3.8) is 0 Å². The average molecular weight is 408 g/mol. The van der Waals surface area contributed by atoms with Crippen LogP contribution in [0.15, 0.2) is 53.7 Å². The van der Waals surface area contributed by atoms with Crippen LogP contribution in [0.3, 0.4) is 0 Å². The van der Waals surface area contributed by atoms with Crippen LogP contribution in [-0.2, 0) is 9.84 Å². The first-order valence-corrected chi connectivity index (χ1v) is 10.8. The Hall–Kier alpha value is -2.12. The zero-order valence-electron chi connectivity index (χ0n) is 14.8. The van der Waals surface area contributed by atoms with Gasteiger partial charge in [0.2, 0.25) is 0 Å². The van der Waals surface area contributed by atoms with Crippen LogP contribution >= 0.6 is 11.6 Å². The summed E-state index contributed by atoms with van der Waals surface area (Å²) in [4.78, 5) is 18.4. The van der Waals surface area contributed by atoms with Gasteiger partial charge in [-0.25, -0.2) is 13.2 Å². The van der Waals surface area contributed by atoms with Crippen LogP contribution in [0, 0.1) is 0 Å². The van der Waals surface area contributed by atoms with E-state index in [9.17, 15) is 13.2 Å². The molecular weight excluding hydrogens is 386 g/mol. The molecule has 144 valence electrons. The Morgan fingerprint density at radius 3 is 2.48 bits per heavy atom. The molecule has 1 N–H and O–H groups in total. The maximum atomic E-state index is 13.2. The number of carbonyl (C=O) groups is 1. The summed E-state index contributed by atoms with van der Waals surface area (Å²) in [6.07, 6.45) is 6.17. The molecule has 1 atom stereocenters. The van der Waals surface area contributed by atoms with Crippen molar-refractivity contribution in [2.24, 2.45) is 0 Å². The van der Waals surface area contributed by atoms with Gasteiger partial charge in [0.25, 0.3) is 0 Å². The number of urea groups is 1. The molecule has 6 nitrogen and oxygen atoms in total. The smallest absolute Gasteiger partial charge is 0.317 e. The van der Waals surface area contributed by atoms with E-state index in [4.69, 9.17) is 11.6 Å². The van der Waals surface area contributed by atoms with Gasteiger partial charge in [-0.2, -0.15) is 0 Å². The number of pyridine rings is 1. The highest BCUT2D eigenvalue weighted by Gasteiger charge is 2.30. The Bertz CT molecular complexity index is 867. The molecule has 1 unspecified atom stereocenters. The predicted molar refractivity (Wildman–Crippen MR) is 104 cm³/mol. The second kappa shape index (κ2) is 8.71. The molecule has 0 saturated carbocycles. The molecule has 0 bridgehead atoms. The lowest BCUT2D eigenvalue weighted by molar-refractivity contribution is 0.186. The summed E-state index contributed by atoms with van der Waals surface area (Å²) in [6, 6.07) is 9.21. The molecule has 1 aromatic carbocycles. The number of hydrogen-bond donors (Lipinski definition) is 1. The standard InChI is InChI=1S/C19H22ClN3O3S/c20-16-6-8-17(9-7-16)27(25,26)18(15-5-4-10-21-13-15)14-22-19(24)23-11-2-1-3-12-23/h4-10,13,18H,1-3,11-12,14H2,(H,22,24). The number of carbonyl (C=O) groups excluding carboxylic acids is 1. The van der Waals surface area contributed by atoms with Crippen molar-refractivity contribution in [3.05, 3.63) is 59.4 Å². The number of amides is 2. The van der Waals surface area contributed by atoms with E-state index in [0.717, 1.165) is 19.3 Å². The number of nitrogens with one attached hydrogen (secondary N) is 1. The molecule has 0 radical (unpaired) electrons. The number of aromatic nitrogens is 1. The van der Waals surface area contributed by atoms with Crippen LogP contribution in [0.5, 0.6) is 0 Å². The third kappa shape index (κ3) is 4.78. The van der Waals surface area contributed by atoms with E-state index < -0.39 is 15.1 Å². The lowest BCUT2D eigenvalue weighted by Crippen LogP contribution is -2.44. The first-order chi connectivity index (χ1) is 13.0. The summed E-state index contributed by atoms with van der Waals surface area (Å²) in [5, 5.41) is 2.33. The molecule has 1 fully saturated rings. The highest BCUT2D eigenvalue weighted by molar-refractivity contribution is 7.91. The lowest BCUT2D eigenvalue weighted by Gasteiger charge is -2.28. The van der Waals surface area contributed by atoms with Gasteiger partial charge in [-0.3, -0.25) is 4.98 Å². The summed E-state index contributed by atoms with van der Waals surface area (Å²) in [7, 11) is -3.73. The largest absolute Gasteiger partial charge is 0.336 e. The van der Waals surface area contributed by atoms with E-state index in [0.29, 0.717) is 23.7 Å². The molecule has 2 heterocycles. The molecule has 1 aliphatic rings. The SMILES string of the molecule is O=C(NCC(c1cccnc1)S(=O)(=O)c1ccc(Cl)cc1)N1CCCCC1. The second-order valence-electron chi connectivity index (χ2n) is 6.51. The molecular formula is C19H22ClN3O3S. The van der Waals surface area contributed by atoms with Crippen molar-refractivity contribution in [2.45, 2.75) is 29.4 Å². The fraction of sp³-hybridized carbons (Fsp3) is 0.368. The number of sulfone groups is 1. The Labute approximate surface area is 164 Å². The zero-order chi connectivity index (χ0) is 19.3. The van der Waals surface area contributed by atoms with Crippen LogP contribution in [0.1, 0.15) is 30.1 Å². The Morgan fingerprint density at radius 2 is 1.85 bits per heavy atom. The molecule has 3 rings (SSSR count). The molecule has 1 saturated heterocycles. The molecule has 2 amide bonds. The minimum absolute atomic E-state index is 0.0218. The van der Waals surface area contributed by atoms with Gasteiger partial charge >= 0.3 is 6.03 Å². The summed E-state index contributed by atoms with van der Waals surface area (Å²) in [5.74, 6) is 0. The summed E-state index contributed by atoms with van der Waals surface area (Å²) in [5.41, 5.74) is 0.534. The lowest BCUT2D eigenvalue weighted by atomic mass is 10.1. The van der Waals surface area contributed by atoms with E-state index in [1.165, 1.54) is 18.3 Å². The number of piperidine rings is 1. The van der Waals surface area contributed by atoms with Crippen LogP contribution in [0.25, 0.3) is 0 Å². The summed E-state index contributed by atoms with van der Waals surface area (Å²) >= 11 is 5.88. The zero-order valence-corrected chi connectivity index (χ0v) is 16.4. The van der Waals surface area contributed by atoms with Crippen molar-refractivity contribution >= 4 is 27.5 Å². The van der Waals surface area contributed by atoms with Crippen molar-refractivity contribution in [2.75, 3.05) is 19.6 Å².